The van der Waals surface area contributed by atoms with Gasteiger partial charge in [0.15, 0.2) is 0 Å². The molecule has 3 aromatic rings. The second kappa shape index (κ2) is 8.16. The van der Waals surface area contributed by atoms with Gasteiger partial charge in [-0.1, -0.05) is 97.1 Å². The van der Waals surface area contributed by atoms with E-state index in [1.54, 1.807) is 0 Å². The van der Waals surface area contributed by atoms with Gasteiger partial charge in [-0.25, -0.2) is 0 Å². The van der Waals surface area contributed by atoms with Crippen LogP contribution in [0.2, 0.25) is 0 Å². The van der Waals surface area contributed by atoms with Crippen molar-refractivity contribution in [3.8, 4) is 0 Å². The van der Waals surface area contributed by atoms with Crippen molar-refractivity contribution in [1.29, 1.82) is 0 Å². The van der Waals surface area contributed by atoms with Crippen LogP contribution in [0.15, 0.2) is 132 Å². The smallest absolute Gasteiger partial charge is 0.0381 e. The molecule has 1 fully saturated rings. The highest BCUT2D eigenvalue weighted by atomic mass is 14.9. The van der Waals surface area contributed by atoms with E-state index in [9.17, 15) is 0 Å². The minimum absolute atomic E-state index is 0.408. The average Bonchev–Trinajstić information content (AvgIpc) is 3.24. The van der Waals surface area contributed by atoms with Crippen molar-refractivity contribution in [2.45, 2.75) is 18.8 Å². The Morgan fingerprint density at radius 3 is 2.16 bits per heavy atom. The summed E-state index contributed by atoms with van der Waals surface area (Å²) in [7, 11) is 0. The van der Waals surface area contributed by atoms with Crippen LogP contribution in [0.25, 0.3) is 5.57 Å². The SMILES string of the molecule is C1=C2CC3C=C(c4ccccc4)C=C(Nc4ccccc4)C3C2=CCC1c1ccccc1. The Balaban J connectivity index is 1.38. The normalized spacial score (nSPS) is 23.8. The summed E-state index contributed by atoms with van der Waals surface area (Å²) < 4.78 is 0. The molecule has 6 rings (SSSR count). The molecule has 1 saturated carbocycles. The molecule has 3 atom stereocenters. The Hall–Kier alpha value is -3.58. The number of hydrogen-bond donors (Lipinski definition) is 1. The lowest BCUT2D eigenvalue weighted by molar-refractivity contribution is 0.573. The Labute approximate surface area is 190 Å². The molecule has 0 saturated heterocycles. The first-order valence-electron chi connectivity index (χ1n) is 11.6. The number of fused-ring (bicyclic) bond motifs is 3. The van der Waals surface area contributed by atoms with E-state index < -0.39 is 0 Å². The molecule has 1 N–H and O–H groups in total. The molecule has 0 amide bonds. The Kier molecular flexibility index (Phi) is 4.88. The van der Waals surface area contributed by atoms with E-state index in [1.165, 1.54) is 33.5 Å². The van der Waals surface area contributed by atoms with Gasteiger partial charge in [-0.05, 0) is 64.8 Å². The first-order valence-corrected chi connectivity index (χ1v) is 11.6. The monoisotopic (exact) mass is 413 g/mol. The molecule has 0 spiro atoms. The molecule has 1 nitrogen and oxygen atoms in total. The maximum Gasteiger partial charge on any atom is 0.0381 e. The summed E-state index contributed by atoms with van der Waals surface area (Å²) in [6.45, 7) is 0. The summed E-state index contributed by atoms with van der Waals surface area (Å²) in [5, 5.41) is 3.78. The van der Waals surface area contributed by atoms with E-state index >= 15 is 0 Å². The van der Waals surface area contributed by atoms with E-state index in [2.05, 4.69) is 121 Å². The highest BCUT2D eigenvalue weighted by Crippen LogP contribution is 2.52. The number of para-hydroxylation sites is 1. The maximum atomic E-state index is 3.78. The predicted molar refractivity (Wildman–Crippen MR) is 134 cm³/mol. The summed E-state index contributed by atoms with van der Waals surface area (Å²) in [5.74, 6) is 1.39. The predicted octanol–water partition coefficient (Wildman–Crippen LogP) is 7.76. The van der Waals surface area contributed by atoms with E-state index in [-0.39, 0.29) is 0 Å². The second-order valence-electron chi connectivity index (χ2n) is 9.03. The fourth-order valence-electron chi connectivity index (χ4n) is 5.54. The molecule has 156 valence electrons. The van der Waals surface area contributed by atoms with Gasteiger partial charge in [-0.3, -0.25) is 0 Å². The summed E-state index contributed by atoms with van der Waals surface area (Å²) in [6.07, 6.45) is 12.1. The minimum Gasteiger partial charge on any atom is -0.358 e. The largest absolute Gasteiger partial charge is 0.358 e. The van der Waals surface area contributed by atoms with Crippen LogP contribution in [0, 0.1) is 11.8 Å². The molecular weight excluding hydrogens is 386 g/mol. The van der Waals surface area contributed by atoms with Crippen LogP contribution in [0.3, 0.4) is 0 Å². The zero-order valence-electron chi connectivity index (χ0n) is 18.1. The maximum absolute atomic E-state index is 3.78. The van der Waals surface area contributed by atoms with E-state index in [1.807, 2.05) is 0 Å². The number of hydrogen-bond acceptors (Lipinski definition) is 1. The lowest BCUT2D eigenvalue weighted by atomic mass is 9.80. The summed E-state index contributed by atoms with van der Waals surface area (Å²) in [5.41, 5.74) is 9.57. The molecule has 0 aromatic heterocycles. The van der Waals surface area contributed by atoms with Crippen LogP contribution in [-0.2, 0) is 0 Å². The fraction of sp³-hybridized carbons (Fsp3) is 0.161. The topological polar surface area (TPSA) is 12.0 Å². The highest BCUT2D eigenvalue weighted by molar-refractivity contribution is 5.78. The molecule has 3 aliphatic rings. The minimum atomic E-state index is 0.408. The standard InChI is InChI=1S/C31H27N/c1-4-10-22(11-5-1)24-16-17-29-26(18-24)20-27-19-25(23-12-6-2-7-13-23)21-30(31(27)29)32-28-14-8-3-9-15-28/h1-15,17-19,21,24,27,31-32H,16,20H2. The lowest BCUT2D eigenvalue weighted by Crippen LogP contribution is -2.20. The molecule has 3 aromatic carbocycles. The third-order valence-electron chi connectivity index (χ3n) is 7.02. The number of allylic oxidation sites excluding steroid dienone is 7. The number of rotatable bonds is 4. The number of nitrogens with one attached hydrogen (secondary N) is 1. The molecule has 0 radical (unpaired) electrons. The molecule has 0 bridgehead atoms. The Morgan fingerprint density at radius 1 is 0.719 bits per heavy atom. The summed E-state index contributed by atoms with van der Waals surface area (Å²) in [6, 6.07) is 32.3. The molecule has 3 aliphatic carbocycles. The molecular formula is C31H27N. The van der Waals surface area contributed by atoms with Crippen molar-refractivity contribution in [2.75, 3.05) is 5.32 Å². The van der Waals surface area contributed by atoms with Gasteiger partial charge in [-0.15, -0.1) is 0 Å². The molecule has 3 unspecified atom stereocenters. The second-order valence-corrected chi connectivity index (χ2v) is 9.03. The summed E-state index contributed by atoms with van der Waals surface area (Å²) >= 11 is 0. The zero-order valence-corrected chi connectivity index (χ0v) is 18.1. The Bertz CT molecular complexity index is 1230. The van der Waals surface area contributed by atoms with Crippen LogP contribution in [0.1, 0.15) is 29.9 Å². The quantitative estimate of drug-likeness (QED) is 0.461. The van der Waals surface area contributed by atoms with Gasteiger partial charge in [0.25, 0.3) is 0 Å². The average molecular weight is 414 g/mol. The van der Waals surface area contributed by atoms with E-state index in [0.717, 1.165) is 18.5 Å². The third-order valence-corrected chi connectivity index (χ3v) is 7.02. The van der Waals surface area contributed by atoms with Gasteiger partial charge in [-0.2, -0.15) is 0 Å². The molecule has 32 heavy (non-hydrogen) atoms. The number of benzene rings is 3. The van der Waals surface area contributed by atoms with Crippen LogP contribution in [0.5, 0.6) is 0 Å². The van der Waals surface area contributed by atoms with Crippen molar-refractivity contribution in [3.05, 3.63) is 143 Å². The highest BCUT2D eigenvalue weighted by Gasteiger charge is 2.40. The van der Waals surface area contributed by atoms with Gasteiger partial charge < -0.3 is 5.32 Å². The van der Waals surface area contributed by atoms with Gasteiger partial charge in [0, 0.05) is 23.2 Å². The van der Waals surface area contributed by atoms with E-state index in [0.29, 0.717) is 17.8 Å². The van der Waals surface area contributed by atoms with Crippen molar-refractivity contribution in [1.82, 2.24) is 0 Å². The Morgan fingerprint density at radius 2 is 1.41 bits per heavy atom. The van der Waals surface area contributed by atoms with Crippen LogP contribution < -0.4 is 5.32 Å². The van der Waals surface area contributed by atoms with Crippen molar-refractivity contribution in [2.24, 2.45) is 11.8 Å². The first kappa shape index (κ1) is 19.1. The van der Waals surface area contributed by atoms with Gasteiger partial charge >= 0.3 is 0 Å². The molecule has 0 aliphatic heterocycles. The molecule has 0 heterocycles. The first-order chi connectivity index (χ1) is 15.8. The third kappa shape index (κ3) is 3.54. The van der Waals surface area contributed by atoms with Crippen LogP contribution in [0.4, 0.5) is 5.69 Å². The van der Waals surface area contributed by atoms with E-state index in [4.69, 9.17) is 0 Å². The van der Waals surface area contributed by atoms with Crippen molar-refractivity contribution in [3.63, 3.8) is 0 Å². The van der Waals surface area contributed by atoms with Crippen LogP contribution in [-0.4, -0.2) is 0 Å². The zero-order chi connectivity index (χ0) is 21.3. The fourth-order valence-corrected chi connectivity index (χ4v) is 5.54. The van der Waals surface area contributed by atoms with Gasteiger partial charge in [0.2, 0.25) is 0 Å². The lowest BCUT2D eigenvalue weighted by Gasteiger charge is -2.29. The van der Waals surface area contributed by atoms with Gasteiger partial charge in [0.05, 0.1) is 0 Å². The van der Waals surface area contributed by atoms with Crippen molar-refractivity contribution < 1.29 is 0 Å². The van der Waals surface area contributed by atoms with Crippen LogP contribution >= 0.6 is 0 Å². The van der Waals surface area contributed by atoms with Crippen molar-refractivity contribution >= 4 is 11.3 Å². The van der Waals surface area contributed by atoms with Gasteiger partial charge in [0.1, 0.15) is 0 Å². The number of anilines is 1. The molecule has 1 heteroatoms. The summed E-state index contributed by atoms with van der Waals surface area (Å²) in [4.78, 5) is 0.